The van der Waals surface area contributed by atoms with Gasteiger partial charge in [-0.15, -0.1) is 24.8 Å². The summed E-state index contributed by atoms with van der Waals surface area (Å²) in [7, 11) is 11.9. The molecule has 0 aromatic heterocycles. The second-order valence-electron chi connectivity index (χ2n) is 3.09. The molecule has 0 amide bonds. The van der Waals surface area contributed by atoms with Gasteiger partial charge in [0.15, 0.2) is 0 Å². The lowest BCUT2D eigenvalue weighted by atomic mass is 10.7. The molecule has 0 aliphatic heterocycles. The highest BCUT2D eigenvalue weighted by molar-refractivity contribution is 8.71. The van der Waals surface area contributed by atoms with Crippen molar-refractivity contribution in [3.63, 3.8) is 0 Å². The van der Waals surface area contributed by atoms with Gasteiger partial charge >= 0.3 is 0 Å². The zero-order valence-corrected chi connectivity index (χ0v) is 12.4. The van der Waals surface area contributed by atoms with Crippen molar-refractivity contribution in [2.24, 2.45) is 0 Å². The van der Waals surface area contributed by atoms with Crippen molar-refractivity contribution >= 4 is 45.8 Å². The van der Waals surface area contributed by atoms with E-state index in [1.807, 2.05) is 10.8 Å². The SMILES string of the molecule is CN(C)CC#SSCCN(C)C.Cl.Cl. The highest BCUT2D eigenvalue weighted by Gasteiger charge is 1.87. The van der Waals surface area contributed by atoms with Crippen LogP contribution in [0.15, 0.2) is 0 Å². The fourth-order valence-corrected chi connectivity index (χ4v) is 2.26. The van der Waals surface area contributed by atoms with Crippen molar-refractivity contribution in [3.8, 4) is 5.18 Å². The third kappa shape index (κ3) is 18.6. The maximum absolute atomic E-state index is 3.25. The topological polar surface area (TPSA) is 6.48 Å². The molecule has 0 bridgehead atoms. The largest absolute Gasteiger partial charge is 0.309 e. The fourth-order valence-electron chi connectivity index (χ4n) is 0.459. The van der Waals surface area contributed by atoms with E-state index in [-0.39, 0.29) is 24.8 Å². The maximum Gasteiger partial charge on any atom is 0.0627 e. The second-order valence-corrected chi connectivity index (χ2v) is 5.40. The lowest BCUT2D eigenvalue weighted by Crippen LogP contribution is -2.14. The second kappa shape index (κ2) is 13.8. The zero-order valence-electron chi connectivity index (χ0n) is 9.15. The minimum Gasteiger partial charge on any atom is -0.309 e. The molecule has 0 aromatic rings. The molecule has 88 valence electrons. The number of hydrogen-bond acceptors (Lipinski definition) is 3. The highest BCUT2D eigenvalue weighted by atomic mass is 35.5. The van der Waals surface area contributed by atoms with Crippen LogP contribution in [0.5, 0.6) is 0 Å². The first kappa shape index (κ1) is 20.3. The van der Waals surface area contributed by atoms with Crippen LogP contribution in [0.3, 0.4) is 0 Å². The molecule has 0 rings (SSSR count). The Hall–Kier alpha value is 0.850. The smallest absolute Gasteiger partial charge is 0.0627 e. The third-order valence-electron chi connectivity index (χ3n) is 1.12. The van der Waals surface area contributed by atoms with Crippen molar-refractivity contribution in [2.75, 3.05) is 47.0 Å². The average molecular weight is 279 g/mol. The van der Waals surface area contributed by atoms with E-state index in [1.165, 1.54) is 0 Å². The minimum absolute atomic E-state index is 0. The summed E-state index contributed by atoms with van der Waals surface area (Å²) in [6.07, 6.45) is 0. The van der Waals surface area contributed by atoms with Gasteiger partial charge in [0.1, 0.15) is 0 Å². The number of halogens is 2. The molecule has 0 atom stereocenters. The predicted octanol–water partition coefficient (Wildman–Crippen LogP) is 2.29. The third-order valence-corrected chi connectivity index (χ3v) is 3.04. The summed E-state index contributed by atoms with van der Waals surface area (Å²) in [5, 5.41) is 3.25. The van der Waals surface area contributed by atoms with Crippen molar-refractivity contribution in [1.29, 1.82) is 0 Å². The van der Waals surface area contributed by atoms with Crippen molar-refractivity contribution < 1.29 is 0 Å². The van der Waals surface area contributed by atoms with Gasteiger partial charge in [0, 0.05) is 12.3 Å². The Labute approximate surface area is 108 Å². The van der Waals surface area contributed by atoms with E-state index in [2.05, 4.69) is 43.2 Å². The summed E-state index contributed by atoms with van der Waals surface area (Å²) in [5.74, 6) is 1.16. The number of hydrogen-bond donors (Lipinski definition) is 0. The van der Waals surface area contributed by atoms with Crippen LogP contribution in [0.25, 0.3) is 0 Å². The molecule has 0 aromatic carbocycles. The van der Waals surface area contributed by atoms with Gasteiger partial charge in [-0.25, -0.2) is 0 Å². The van der Waals surface area contributed by atoms with Crippen LogP contribution >= 0.6 is 45.8 Å². The molecule has 2 nitrogen and oxygen atoms in total. The van der Waals surface area contributed by atoms with Crippen LogP contribution in [0.4, 0.5) is 0 Å². The Morgan fingerprint density at radius 2 is 1.57 bits per heavy atom. The van der Waals surface area contributed by atoms with Crippen molar-refractivity contribution in [3.05, 3.63) is 0 Å². The van der Waals surface area contributed by atoms with Crippen LogP contribution in [-0.2, 0) is 0 Å². The maximum atomic E-state index is 3.25. The van der Waals surface area contributed by atoms with Crippen LogP contribution < -0.4 is 0 Å². The first-order valence-corrected chi connectivity index (χ1v) is 6.25. The van der Waals surface area contributed by atoms with Gasteiger partial charge in [0.25, 0.3) is 0 Å². The summed E-state index contributed by atoms with van der Waals surface area (Å²) >= 11 is 0. The van der Waals surface area contributed by atoms with Gasteiger partial charge in [0.2, 0.25) is 0 Å². The first-order valence-electron chi connectivity index (χ1n) is 3.93. The van der Waals surface area contributed by atoms with E-state index in [0.29, 0.717) is 0 Å². The molecule has 0 fully saturated rings. The van der Waals surface area contributed by atoms with E-state index in [9.17, 15) is 0 Å². The molecule has 0 unspecified atom stereocenters. The average Bonchev–Trinajstić information content (AvgIpc) is 1.95. The summed E-state index contributed by atoms with van der Waals surface area (Å²) in [4.78, 5) is 4.30. The molecule has 0 N–H and O–H groups in total. The molecule has 0 radical (unpaired) electrons. The molecule has 14 heavy (non-hydrogen) atoms. The summed E-state index contributed by atoms with van der Waals surface area (Å²) in [5.41, 5.74) is 0. The first-order chi connectivity index (χ1) is 5.63. The molecule has 0 aliphatic carbocycles. The van der Waals surface area contributed by atoms with Crippen molar-refractivity contribution in [2.45, 2.75) is 0 Å². The van der Waals surface area contributed by atoms with Gasteiger partial charge in [-0.2, -0.15) is 0 Å². The molecule has 0 saturated carbocycles. The number of nitrogens with zero attached hydrogens (tertiary/aromatic N) is 2. The standard InChI is InChI=1S/C8H18N2S2.2ClH/c1-9(2)5-7-11-12-8-6-10(3)4;;/h5-7H2,1-4H3;2*1H. The normalized spacial score (nSPS) is 9.00. The minimum atomic E-state index is 0. The Morgan fingerprint density at radius 3 is 2.00 bits per heavy atom. The Kier molecular flexibility index (Phi) is 20.1. The molecule has 6 heteroatoms. The Bertz CT molecular complexity index is 166. The zero-order chi connectivity index (χ0) is 9.40. The lowest BCUT2D eigenvalue weighted by Gasteiger charge is -2.05. The van der Waals surface area contributed by atoms with E-state index in [1.54, 1.807) is 10.2 Å². The summed E-state index contributed by atoms with van der Waals surface area (Å²) in [6.45, 7) is 2.07. The van der Waals surface area contributed by atoms with Crippen LogP contribution in [0.1, 0.15) is 0 Å². The fraction of sp³-hybridized carbons (Fsp3) is 0.875. The van der Waals surface area contributed by atoms with Gasteiger partial charge in [-0.3, -0.25) is 4.90 Å². The monoisotopic (exact) mass is 278 g/mol. The van der Waals surface area contributed by atoms with E-state index in [4.69, 9.17) is 0 Å². The van der Waals surface area contributed by atoms with Gasteiger partial charge in [0.05, 0.1) is 6.54 Å². The van der Waals surface area contributed by atoms with E-state index in [0.717, 1.165) is 18.8 Å². The highest BCUT2D eigenvalue weighted by Crippen LogP contribution is 2.08. The lowest BCUT2D eigenvalue weighted by molar-refractivity contribution is 0.438. The predicted molar refractivity (Wildman–Crippen MR) is 75.5 cm³/mol. The molecular weight excluding hydrogens is 259 g/mol. The van der Waals surface area contributed by atoms with Crippen LogP contribution in [0.2, 0.25) is 0 Å². The molecule has 0 spiro atoms. The van der Waals surface area contributed by atoms with Crippen LogP contribution in [0, 0.1) is 5.18 Å². The van der Waals surface area contributed by atoms with Gasteiger partial charge < -0.3 is 4.90 Å². The molecule has 0 heterocycles. The summed E-state index contributed by atoms with van der Waals surface area (Å²) < 4.78 is 0. The van der Waals surface area contributed by atoms with Crippen LogP contribution in [-0.4, -0.2) is 56.8 Å². The molecule has 0 saturated heterocycles. The summed E-state index contributed by atoms with van der Waals surface area (Å²) in [6, 6.07) is 0. The Morgan fingerprint density at radius 1 is 1.00 bits per heavy atom. The molecular formula is C8H20Cl2N2S2. The van der Waals surface area contributed by atoms with E-state index >= 15 is 0 Å². The molecule has 0 aliphatic rings. The Balaban J connectivity index is -0.000000605. The quantitative estimate of drug-likeness (QED) is 0.576. The van der Waals surface area contributed by atoms with Gasteiger partial charge in [-0.05, 0) is 28.2 Å². The van der Waals surface area contributed by atoms with Crippen molar-refractivity contribution in [1.82, 2.24) is 9.80 Å². The van der Waals surface area contributed by atoms with E-state index < -0.39 is 0 Å². The number of rotatable bonds is 4. The van der Waals surface area contributed by atoms with Gasteiger partial charge in [-0.1, -0.05) is 26.2 Å².